The molecule has 0 amide bonds. The summed E-state index contributed by atoms with van der Waals surface area (Å²) in [6.45, 7) is 4.77. The van der Waals surface area contributed by atoms with Gasteiger partial charge in [0.1, 0.15) is 0 Å². The van der Waals surface area contributed by atoms with Gasteiger partial charge in [-0.25, -0.2) is 0 Å². The normalized spacial score (nSPS) is 10.9. The highest BCUT2D eigenvalue weighted by Gasteiger charge is 2.05. The van der Waals surface area contributed by atoms with Crippen LogP contribution in [0, 0.1) is 0 Å². The van der Waals surface area contributed by atoms with E-state index in [0.29, 0.717) is 12.1 Å². The summed E-state index contributed by atoms with van der Waals surface area (Å²) in [6.07, 6.45) is 1.70. The predicted octanol–water partition coefficient (Wildman–Crippen LogP) is 1.47. The third kappa shape index (κ3) is 3.74. The summed E-state index contributed by atoms with van der Waals surface area (Å²) >= 11 is 0. The number of aryl methyl sites for hydroxylation is 1. The second-order valence-electron chi connectivity index (χ2n) is 3.41. The van der Waals surface area contributed by atoms with E-state index in [1.807, 2.05) is 13.8 Å². The fourth-order valence-corrected chi connectivity index (χ4v) is 1.04. The summed E-state index contributed by atoms with van der Waals surface area (Å²) in [5.41, 5.74) is 0. The molecule has 0 aliphatic carbocycles. The molecule has 14 heavy (non-hydrogen) atoms. The first-order chi connectivity index (χ1) is 6.72. The van der Waals surface area contributed by atoms with Crippen molar-refractivity contribution in [3.8, 4) is 0 Å². The van der Waals surface area contributed by atoms with Gasteiger partial charge in [0.15, 0.2) is 5.82 Å². The molecule has 0 aliphatic heterocycles. The zero-order valence-corrected chi connectivity index (χ0v) is 8.91. The number of aromatic nitrogens is 2. The Bertz CT molecular complexity index is 260. The van der Waals surface area contributed by atoms with Gasteiger partial charge in [0, 0.05) is 26.2 Å². The molecule has 1 N–H and O–H groups in total. The minimum atomic E-state index is 0.308. The molecular weight excluding hydrogens is 182 g/mol. The quantitative estimate of drug-likeness (QED) is 0.703. The van der Waals surface area contributed by atoms with Gasteiger partial charge in [-0.1, -0.05) is 5.16 Å². The average Bonchev–Trinajstić information content (AvgIpc) is 2.52. The van der Waals surface area contributed by atoms with Gasteiger partial charge in [-0.15, -0.1) is 0 Å². The predicted molar refractivity (Wildman–Crippen MR) is 53.3 cm³/mol. The monoisotopic (exact) mass is 199 g/mol. The van der Waals surface area contributed by atoms with E-state index in [1.165, 1.54) is 0 Å². The molecule has 5 heteroatoms. The number of hydrogen-bond acceptors (Lipinski definition) is 5. The molecule has 0 aromatic carbocycles. The highest BCUT2D eigenvalue weighted by atomic mass is 16.5. The summed E-state index contributed by atoms with van der Waals surface area (Å²) in [5.74, 6) is 0.727. The van der Waals surface area contributed by atoms with E-state index in [1.54, 1.807) is 7.11 Å². The van der Waals surface area contributed by atoms with Gasteiger partial charge in [-0.05, 0) is 20.3 Å². The van der Waals surface area contributed by atoms with Crippen LogP contribution in [0.1, 0.15) is 26.1 Å². The van der Waals surface area contributed by atoms with Crippen LogP contribution in [0.3, 0.4) is 0 Å². The Morgan fingerprint density at radius 3 is 2.93 bits per heavy atom. The van der Waals surface area contributed by atoms with Crippen LogP contribution in [0.25, 0.3) is 0 Å². The maximum atomic E-state index is 4.99. The molecule has 0 radical (unpaired) electrons. The molecule has 5 nitrogen and oxygen atoms in total. The Kier molecular flexibility index (Phi) is 4.39. The third-order valence-corrected chi connectivity index (χ3v) is 1.63. The topological polar surface area (TPSA) is 60.2 Å². The van der Waals surface area contributed by atoms with Crippen LogP contribution in [0.2, 0.25) is 0 Å². The van der Waals surface area contributed by atoms with Crippen LogP contribution in [0.5, 0.6) is 0 Å². The summed E-state index contributed by atoms with van der Waals surface area (Å²) in [5, 5.41) is 6.88. The molecule has 1 aromatic rings. The first-order valence-electron chi connectivity index (χ1n) is 4.80. The molecule has 0 fully saturated rings. The van der Waals surface area contributed by atoms with Crippen molar-refractivity contribution in [1.82, 2.24) is 10.1 Å². The average molecular weight is 199 g/mol. The van der Waals surface area contributed by atoms with Crippen LogP contribution in [-0.2, 0) is 11.2 Å². The molecule has 1 rings (SSSR count). The Hall–Kier alpha value is -1.10. The van der Waals surface area contributed by atoms with Crippen molar-refractivity contribution in [2.75, 3.05) is 19.0 Å². The van der Waals surface area contributed by atoms with Gasteiger partial charge < -0.3 is 14.6 Å². The van der Waals surface area contributed by atoms with Crippen LogP contribution < -0.4 is 5.32 Å². The lowest BCUT2D eigenvalue weighted by molar-refractivity contribution is 0.194. The minimum Gasteiger partial charge on any atom is -0.385 e. The third-order valence-electron chi connectivity index (χ3n) is 1.63. The molecule has 0 atom stereocenters. The van der Waals surface area contributed by atoms with E-state index in [2.05, 4.69) is 15.5 Å². The van der Waals surface area contributed by atoms with Crippen molar-refractivity contribution in [3.05, 3.63) is 5.82 Å². The molecule has 1 aromatic heterocycles. The summed E-state index contributed by atoms with van der Waals surface area (Å²) in [6, 6.07) is 0.801. The molecule has 0 saturated carbocycles. The molecule has 0 spiro atoms. The lowest BCUT2D eigenvalue weighted by atomic mass is 10.3. The summed E-state index contributed by atoms with van der Waals surface area (Å²) in [4.78, 5) is 4.18. The van der Waals surface area contributed by atoms with E-state index < -0.39 is 0 Å². The Morgan fingerprint density at radius 1 is 1.50 bits per heavy atom. The van der Waals surface area contributed by atoms with Gasteiger partial charge in [-0.2, -0.15) is 4.98 Å². The van der Waals surface area contributed by atoms with Crippen LogP contribution in [0.4, 0.5) is 6.01 Å². The fraction of sp³-hybridized carbons (Fsp3) is 0.778. The fourth-order valence-electron chi connectivity index (χ4n) is 1.04. The van der Waals surface area contributed by atoms with Crippen molar-refractivity contribution in [3.63, 3.8) is 0 Å². The highest BCUT2D eigenvalue weighted by Crippen LogP contribution is 2.06. The smallest absolute Gasteiger partial charge is 0.321 e. The van der Waals surface area contributed by atoms with Crippen LogP contribution >= 0.6 is 0 Å². The number of anilines is 1. The van der Waals surface area contributed by atoms with Crippen molar-refractivity contribution in [1.29, 1.82) is 0 Å². The number of methoxy groups -OCH3 is 1. The number of ether oxygens (including phenoxy) is 1. The van der Waals surface area contributed by atoms with Gasteiger partial charge in [0.05, 0.1) is 0 Å². The van der Waals surface area contributed by atoms with Crippen molar-refractivity contribution >= 4 is 6.01 Å². The van der Waals surface area contributed by atoms with Crippen molar-refractivity contribution in [2.24, 2.45) is 0 Å². The molecule has 0 bridgehead atoms. The number of nitrogens with one attached hydrogen (secondary N) is 1. The summed E-state index contributed by atoms with van der Waals surface area (Å²) < 4.78 is 9.93. The maximum Gasteiger partial charge on any atom is 0.321 e. The van der Waals surface area contributed by atoms with Crippen LogP contribution in [-0.4, -0.2) is 29.9 Å². The molecule has 0 unspecified atom stereocenters. The Morgan fingerprint density at radius 2 is 2.29 bits per heavy atom. The van der Waals surface area contributed by atoms with Gasteiger partial charge in [0.25, 0.3) is 0 Å². The second-order valence-corrected chi connectivity index (χ2v) is 3.41. The van der Waals surface area contributed by atoms with E-state index in [4.69, 9.17) is 9.26 Å². The lowest BCUT2D eigenvalue weighted by Crippen LogP contribution is -2.09. The van der Waals surface area contributed by atoms with E-state index in [9.17, 15) is 0 Å². The van der Waals surface area contributed by atoms with E-state index >= 15 is 0 Å². The standard InChI is InChI=1S/C9H17N3O2/c1-7(2)10-9-11-8(12-14-9)5-4-6-13-3/h7H,4-6H2,1-3H3,(H,10,11,12). The van der Waals surface area contributed by atoms with E-state index in [-0.39, 0.29) is 0 Å². The first-order valence-corrected chi connectivity index (χ1v) is 4.80. The SMILES string of the molecule is COCCCc1noc(NC(C)C)n1. The number of hydrogen-bond donors (Lipinski definition) is 1. The minimum absolute atomic E-state index is 0.308. The molecule has 0 saturated heterocycles. The summed E-state index contributed by atoms with van der Waals surface area (Å²) in [7, 11) is 1.68. The molecule has 80 valence electrons. The maximum absolute atomic E-state index is 4.99. The Balaban J connectivity index is 2.35. The van der Waals surface area contributed by atoms with Gasteiger partial charge in [-0.3, -0.25) is 0 Å². The number of rotatable bonds is 6. The van der Waals surface area contributed by atoms with Gasteiger partial charge in [0.2, 0.25) is 0 Å². The van der Waals surface area contributed by atoms with Gasteiger partial charge >= 0.3 is 6.01 Å². The zero-order valence-electron chi connectivity index (χ0n) is 8.91. The van der Waals surface area contributed by atoms with Crippen molar-refractivity contribution < 1.29 is 9.26 Å². The lowest BCUT2D eigenvalue weighted by Gasteiger charge is -2.01. The zero-order chi connectivity index (χ0) is 10.4. The van der Waals surface area contributed by atoms with E-state index in [0.717, 1.165) is 25.3 Å². The molecule has 1 heterocycles. The largest absolute Gasteiger partial charge is 0.385 e. The Labute approximate surface area is 83.8 Å². The molecule has 0 aliphatic rings. The van der Waals surface area contributed by atoms with Crippen LogP contribution in [0.15, 0.2) is 4.52 Å². The first kappa shape index (κ1) is 11.0. The second kappa shape index (κ2) is 5.59. The highest BCUT2D eigenvalue weighted by molar-refractivity contribution is 5.19. The number of nitrogens with zero attached hydrogens (tertiary/aromatic N) is 2. The molecular formula is C9H17N3O2. The van der Waals surface area contributed by atoms with Crippen molar-refractivity contribution in [2.45, 2.75) is 32.7 Å².